The summed E-state index contributed by atoms with van der Waals surface area (Å²) < 4.78 is 56.3. The molecule has 1 N–H and O–H groups in total. The van der Waals surface area contributed by atoms with Gasteiger partial charge in [-0.15, -0.1) is 0 Å². The summed E-state index contributed by atoms with van der Waals surface area (Å²) in [4.78, 5) is 2.02. The molecule has 0 aliphatic carbocycles. The maximum absolute atomic E-state index is 14.7. The maximum Gasteiger partial charge on any atom is 0.257 e. The first-order valence-electron chi connectivity index (χ1n) is 9.24. The first kappa shape index (κ1) is 18.4. The van der Waals surface area contributed by atoms with Crippen LogP contribution < -0.4 is 5.32 Å². The highest BCUT2D eigenvalue weighted by atomic mass is 19.3. The smallest absolute Gasteiger partial charge is 0.257 e. The summed E-state index contributed by atoms with van der Waals surface area (Å²) in [5.74, 6) is -3.42. The summed E-state index contributed by atoms with van der Waals surface area (Å²) in [5, 5.41) is 3.12. The molecule has 0 radical (unpaired) electrons. The van der Waals surface area contributed by atoms with Crippen LogP contribution >= 0.6 is 0 Å². The Kier molecular flexibility index (Phi) is 4.72. The quantitative estimate of drug-likeness (QED) is 0.798. The molecule has 1 spiro atoms. The van der Waals surface area contributed by atoms with E-state index in [4.69, 9.17) is 0 Å². The third-order valence-electron chi connectivity index (χ3n) is 5.97. The van der Waals surface area contributed by atoms with Crippen LogP contribution in [0.4, 0.5) is 17.6 Å². The predicted molar refractivity (Wildman–Crippen MR) is 95.7 cm³/mol. The van der Waals surface area contributed by atoms with E-state index in [2.05, 4.69) is 5.32 Å². The summed E-state index contributed by atoms with van der Waals surface area (Å²) in [6.07, 6.45) is 0.241. The van der Waals surface area contributed by atoms with Gasteiger partial charge in [0.15, 0.2) is 0 Å². The molecule has 0 saturated carbocycles. The second-order valence-electron chi connectivity index (χ2n) is 7.64. The number of hydrogen-bond donors (Lipinski definition) is 1. The van der Waals surface area contributed by atoms with Crippen LogP contribution in [0.5, 0.6) is 0 Å². The van der Waals surface area contributed by atoms with Crippen molar-refractivity contribution in [2.75, 3.05) is 26.2 Å². The van der Waals surface area contributed by atoms with Gasteiger partial charge in [-0.25, -0.2) is 17.6 Å². The summed E-state index contributed by atoms with van der Waals surface area (Å²) in [6, 6.07) is 11.9. The zero-order chi connectivity index (χ0) is 19.1. The van der Waals surface area contributed by atoms with Crippen LogP contribution in [0.25, 0.3) is 0 Å². The van der Waals surface area contributed by atoms with Crippen molar-refractivity contribution in [2.45, 2.75) is 24.8 Å². The van der Waals surface area contributed by atoms with Crippen LogP contribution in [0.3, 0.4) is 0 Å². The van der Waals surface area contributed by atoms with Gasteiger partial charge in [0.25, 0.3) is 5.92 Å². The molecule has 0 bridgehead atoms. The van der Waals surface area contributed by atoms with Crippen LogP contribution in [-0.4, -0.2) is 37.0 Å². The van der Waals surface area contributed by atoms with Crippen molar-refractivity contribution in [2.24, 2.45) is 5.41 Å². The predicted octanol–water partition coefficient (Wildman–Crippen LogP) is 4.37. The highest BCUT2D eigenvalue weighted by molar-refractivity contribution is 5.33. The Morgan fingerprint density at radius 1 is 0.852 bits per heavy atom. The van der Waals surface area contributed by atoms with E-state index in [1.54, 1.807) is 24.3 Å². The molecule has 2 nitrogen and oxygen atoms in total. The SMILES string of the molecule is Fc1ccc(C(c2ccc(F)cc2)N2CCC3(CNCCC3(F)F)C2)cc1. The molecule has 4 rings (SSSR count). The molecule has 2 aromatic carbocycles. The van der Waals surface area contributed by atoms with E-state index in [1.807, 2.05) is 4.90 Å². The number of benzene rings is 2. The molecule has 0 amide bonds. The third-order valence-corrected chi connectivity index (χ3v) is 5.97. The van der Waals surface area contributed by atoms with Crippen molar-refractivity contribution in [3.05, 3.63) is 71.3 Å². The largest absolute Gasteiger partial charge is 0.316 e. The van der Waals surface area contributed by atoms with E-state index in [0.717, 1.165) is 11.1 Å². The van der Waals surface area contributed by atoms with Gasteiger partial charge in [0.1, 0.15) is 11.6 Å². The minimum atomic E-state index is -2.72. The fourth-order valence-corrected chi connectivity index (χ4v) is 4.44. The second-order valence-corrected chi connectivity index (χ2v) is 7.64. The number of halogens is 4. The number of piperidine rings is 1. The number of alkyl halides is 2. The molecule has 2 saturated heterocycles. The normalized spacial score (nSPS) is 25.4. The number of likely N-dealkylation sites (tertiary alicyclic amines) is 1. The minimum Gasteiger partial charge on any atom is -0.316 e. The van der Waals surface area contributed by atoms with Crippen molar-refractivity contribution in [1.82, 2.24) is 10.2 Å². The van der Waals surface area contributed by atoms with Crippen LogP contribution in [0.1, 0.15) is 30.0 Å². The number of hydrogen-bond acceptors (Lipinski definition) is 2. The van der Waals surface area contributed by atoms with Crippen LogP contribution in [-0.2, 0) is 0 Å². The van der Waals surface area contributed by atoms with Gasteiger partial charge < -0.3 is 5.32 Å². The lowest BCUT2D eigenvalue weighted by molar-refractivity contribution is -0.136. The Labute approximate surface area is 156 Å². The van der Waals surface area contributed by atoms with Gasteiger partial charge in [0, 0.05) is 26.1 Å². The molecule has 2 aliphatic rings. The van der Waals surface area contributed by atoms with Crippen LogP contribution in [0, 0.1) is 17.0 Å². The van der Waals surface area contributed by atoms with Gasteiger partial charge in [-0.05, 0) is 48.4 Å². The first-order valence-corrected chi connectivity index (χ1v) is 9.24. The van der Waals surface area contributed by atoms with Crippen molar-refractivity contribution in [3.8, 4) is 0 Å². The van der Waals surface area contributed by atoms with Crippen molar-refractivity contribution in [1.29, 1.82) is 0 Å². The molecule has 2 fully saturated rings. The Hall–Kier alpha value is -1.92. The van der Waals surface area contributed by atoms with Crippen molar-refractivity contribution >= 4 is 0 Å². The zero-order valence-corrected chi connectivity index (χ0v) is 14.9. The molecule has 144 valence electrons. The average molecular weight is 378 g/mol. The van der Waals surface area contributed by atoms with Crippen LogP contribution in [0.15, 0.2) is 48.5 Å². The van der Waals surface area contributed by atoms with E-state index < -0.39 is 11.3 Å². The molecule has 2 aromatic rings. The van der Waals surface area contributed by atoms with Gasteiger partial charge in [0.2, 0.25) is 0 Å². The Bertz CT molecular complexity index is 745. The van der Waals surface area contributed by atoms with E-state index in [-0.39, 0.29) is 37.2 Å². The lowest BCUT2D eigenvalue weighted by Crippen LogP contribution is -2.55. The number of nitrogens with one attached hydrogen (secondary N) is 1. The maximum atomic E-state index is 14.7. The standard InChI is InChI=1S/C21H22F4N2/c22-17-5-1-15(2-6-17)19(16-3-7-18(23)8-4-16)27-12-10-20(14-27)13-26-11-9-21(20,24)25/h1-8,19,26H,9-14H2. The fourth-order valence-electron chi connectivity index (χ4n) is 4.44. The Balaban J connectivity index is 1.69. The molecule has 2 heterocycles. The molecule has 2 aliphatic heterocycles. The van der Waals surface area contributed by atoms with Gasteiger partial charge in [-0.2, -0.15) is 0 Å². The van der Waals surface area contributed by atoms with Crippen molar-refractivity contribution < 1.29 is 17.6 Å². The monoisotopic (exact) mass is 378 g/mol. The van der Waals surface area contributed by atoms with E-state index in [1.165, 1.54) is 24.3 Å². The zero-order valence-electron chi connectivity index (χ0n) is 14.9. The van der Waals surface area contributed by atoms with Gasteiger partial charge in [-0.1, -0.05) is 24.3 Å². The Morgan fingerprint density at radius 3 is 1.93 bits per heavy atom. The molecule has 6 heteroatoms. The highest BCUT2D eigenvalue weighted by Gasteiger charge is 2.58. The average Bonchev–Trinajstić information content (AvgIpc) is 3.07. The van der Waals surface area contributed by atoms with Gasteiger partial charge in [-0.3, -0.25) is 4.90 Å². The first-order chi connectivity index (χ1) is 12.9. The molecular weight excluding hydrogens is 356 g/mol. The van der Waals surface area contributed by atoms with Gasteiger partial charge >= 0.3 is 0 Å². The second kappa shape index (κ2) is 6.91. The third kappa shape index (κ3) is 3.36. The van der Waals surface area contributed by atoms with E-state index in [0.29, 0.717) is 19.5 Å². The lowest BCUT2D eigenvalue weighted by Gasteiger charge is -2.42. The Morgan fingerprint density at radius 2 is 1.41 bits per heavy atom. The lowest BCUT2D eigenvalue weighted by atomic mass is 9.76. The van der Waals surface area contributed by atoms with E-state index in [9.17, 15) is 17.6 Å². The molecule has 27 heavy (non-hydrogen) atoms. The number of nitrogens with zero attached hydrogens (tertiary/aromatic N) is 1. The fraction of sp³-hybridized carbons (Fsp3) is 0.429. The molecule has 0 aromatic heterocycles. The van der Waals surface area contributed by atoms with Crippen molar-refractivity contribution in [3.63, 3.8) is 0 Å². The highest BCUT2D eigenvalue weighted by Crippen LogP contribution is 2.49. The number of rotatable bonds is 3. The topological polar surface area (TPSA) is 15.3 Å². The summed E-state index contributed by atoms with van der Waals surface area (Å²) in [7, 11) is 0. The van der Waals surface area contributed by atoms with Gasteiger partial charge in [0.05, 0.1) is 11.5 Å². The molecule has 1 unspecified atom stereocenters. The summed E-state index contributed by atoms with van der Waals surface area (Å²) in [6.45, 7) is 1.37. The molecular formula is C21H22F4N2. The minimum absolute atomic E-state index is 0.154. The molecule has 1 atom stereocenters. The summed E-state index contributed by atoms with van der Waals surface area (Å²) in [5.41, 5.74) is 0.531. The van der Waals surface area contributed by atoms with E-state index >= 15 is 0 Å². The summed E-state index contributed by atoms with van der Waals surface area (Å²) >= 11 is 0. The van der Waals surface area contributed by atoms with Crippen LogP contribution in [0.2, 0.25) is 0 Å².